The maximum atomic E-state index is 11.4. The molecule has 0 spiro atoms. The van der Waals surface area contributed by atoms with Crippen LogP contribution in [0, 0.1) is 0 Å². The fraction of sp³-hybridized carbons (Fsp3) is 0.364. The average molecular weight is 256 g/mol. The molecule has 0 aliphatic carbocycles. The summed E-state index contributed by atoms with van der Waals surface area (Å²) in [5, 5.41) is 2.85. The highest BCUT2D eigenvalue weighted by atomic mass is 33.1. The molecule has 5 heteroatoms. The Bertz CT molecular complexity index is 338. The predicted octanol–water partition coefficient (Wildman–Crippen LogP) is 2.70. The summed E-state index contributed by atoms with van der Waals surface area (Å²) in [7, 11) is 7.11. The van der Waals surface area contributed by atoms with E-state index in [1.54, 1.807) is 10.8 Å². The first kappa shape index (κ1) is 13.3. The van der Waals surface area contributed by atoms with Crippen molar-refractivity contribution in [3.63, 3.8) is 0 Å². The van der Waals surface area contributed by atoms with Crippen LogP contribution in [0.5, 0.6) is 0 Å². The number of hydrogen-bond acceptors (Lipinski definition) is 4. The van der Waals surface area contributed by atoms with Gasteiger partial charge in [-0.15, -0.1) is 0 Å². The van der Waals surface area contributed by atoms with Crippen LogP contribution >= 0.6 is 21.6 Å². The first-order valence-electron chi connectivity index (χ1n) is 4.86. The first-order valence-corrected chi connectivity index (χ1v) is 7.59. The van der Waals surface area contributed by atoms with E-state index in [-0.39, 0.29) is 5.91 Å². The Labute approximate surface area is 104 Å². The molecule has 1 rings (SSSR count). The number of nitrogens with one attached hydrogen (secondary N) is 1. The molecule has 0 aromatic heterocycles. The normalized spacial score (nSPS) is 9.94. The number of amides is 1. The third-order valence-corrected chi connectivity index (χ3v) is 3.65. The van der Waals surface area contributed by atoms with Crippen molar-refractivity contribution in [3.05, 3.63) is 24.3 Å². The lowest BCUT2D eigenvalue weighted by Gasteiger charge is -2.12. The molecule has 0 bridgehead atoms. The number of nitrogens with zero attached hydrogens (tertiary/aromatic N) is 1. The molecule has 88 valence electrons. The zero-order chi connectivity index (χ0) is 12.0. The van der Waals surface area contributed by atoms with Gasteiger partial charge in [-0.25, -0.2) is 0 Å². The summed E-state index contributed by atoms with van der Waals surface area (Å²) in [5.41, 5.74) is 1.97. The highest BCUT2D eigenvalue weighted by Crippen LogP contribution is 2.18. The SMILES string of the molecule is CSSCC(=O)Nc1ccc(N(C)C)cc1. The van der Waals surface area contributed by atoms with E-state index in [4.69, 9.17) is 0 Å². The van der Waals surface area contributed by atoms with Crippen molar-refractivity contribution >= 4 is 38.9 Å². The molecule has 0 heterocycles. The first-order chi connectivity index (χ1) is 7.63. The van der Waals surface area contributed by atoms with E-state index in [1.165, 1.54) is 10.8 Å². The summed E-state index contributed by atoms with van der Waals surface area (Å²) in [4.78, 5) is 13.5. The molecule has 0 fully saturated rings. The second kappa shape index (κ2) is 6.70. The second-order valence-corrected chi connectivity index (χ2v) is 5.98. The predicted molar refractivity (Wildman–Crippen MR) is 75.4 cm³/mol. The minimum atomic E-state index is 0.0388. The molecular weight excluding hydrogens is 240 g/mol. The van der Waals surface area contributed by atoms with Gasteiger partial charge in [0.15, 0.2) is 0 Å². The zero-order valence-electron chi connectivity index (χ0n) is 9.69. The van der Waals surface area contributed by atoms with E-state index < -0.39 is 0 Å². The Morgan fingerprint density at radius 2 is 1.94 bits per heavy atom. The van der Waals surface area contributed by atoms with Crippen LogP contribution in [0.15, 0.2) is 24.3 Å². The Kier molecular flexibility index (Phi) is 5.55. The van der Waals surface area contributed by atoms with Crippen molar-refractivity contribution < 1.29 is 4.79 Å². The van der Waals surface area contributed by atoms with Crippen LogP contribution in [0.2, 0.25) is 0 Å². The summed E-state index contributed by atoms with van der Waals surface area (Å²) in [6, 6.07) is 7.79. The topological polar surface area (TPSA) is 32.3 Å². The van der Waals surface area contributed by atoms with Gasteiger partial charge in [-0.05, 0) is 30.5 Å². The third-order valence-electron chi connectivity index (χ3n) is 1.98. The van der Waals surface area contributed by atoms with Crippen LogP contribution in [-0.4, -0.2) is 32.0 Å². The molecule has 0 saturated heterocycles. The number of carbonyl (C=O) groups is 1. The van der Waals surface area contributed by atoms with Gasteiger partial charge in [-0.2, -0.15) is 0 Å². The maximum absolute atomic E-state index is 11.4. The molecule has 1 N–H and O–H groups in total. The fourth-order valence-corrected chi connectivity index (χ4v) is 2.12. The van der Waals surface area contributed by atoms with Crippen molar-refractivity contribution in [1.82, 2.24) is 0 Å². The van der Waals surface area contributed by atoms with Crippen molar-refractivity contribution in [1.29, 1.82) is 0 Å². The zero-order valence-corrected chi connectivity index (χ0v) is 11.3. The summed E-state index contributed by atoms with van der Waals surface area (Å²) in [6.07, 6.45) is 1.96. The number of rotatable bonds is 5. The lowest BCUT2D eigenvalue weighted by atomic mass is 10.2. The van der Waals surface area contributed by atoms with E-state index in [9.17, 15) is 4.79 Å². The van der Waals surface area contributed by atoms with E-state index in [0.29, 0.717) is 5.75 Å². The lowest BCUT2D eigenvalue weighted by molar-refractivity contribution is -0.113. The van der Waals surface area contributed by atoms with E-state index >= 15 is 0 Å². The maximum Gasteiger partial charge on any atom is 0.235 e. The van der Waals surface area contributed by atoms with Crippen molar-refractivity contribution in [2.75, 3.05) is 36.3 Å². The van der Waals surface area contributed by atoms with Gasteiger partial charge in [0.1, 0.15) is 0 Å². The van der Waals surface area contributed by atoms with Gasteiger partial charge in [-0.3, -0.25) is 4.79 Å². The number of anilines is 2. The fourth-order valence-electron chi connectivity index (χ4n) is 1.15. The highest BCUT2D eigenvalue weighted by molar-refractivity contribution is 8.76. The van der Waals surface area contributed by atoms with Crippen molar-refractivity contribution in [2.45, 2.75) is 0 Å². The Balaban J connectivity index is 2.51. The van der Waals surface area contributed by atoms with E-state index in [2.05, 4.69) is 5.32 Å². The Morgan fingerprint density at radius 3 is 2.44 bits per heavy atom. The molecule has 0 aliphatic rings. The molecule has 0 radical (unpaired) electrons. The van der Waals surface area contributed by atoms with Crippen LogP contribution in [-0.2, 0) is 4.79 Å². The summed E-state index contributed by atoms with van der Waals surface area (Å²) in [6.45, 7) is 0. The van der Waals surface area contributed by atoms with Crippen LogP contribution < -0.4 is 10.2 Å². The molecule has 1 aromatic carbocycles. The van der Waals surface area contributed by atoms with Gasteiger partial charge in [0, 0.05) is 25.5 Å². The third kappa shape index (κ3) is 4.37. The second-order valence-electron chi connectivity index (χ2n) is 3.42. The van der Waals surface area contributed by atoms with Gasteiger partial charge < -0.3 is 10.2 Å². The highest BCUT2D eigenvalue weighted by Gasteiger charge is 2.02. The molecule has 1 aromatic rings. The smallest absolute Gasteiger partial charge is 0.235 e. The summed E-state index contributed by atoms with van der Waals surface area (Å²) < 4.78 is 0. The molecule has 16 heavy (non-hydrogen) atoms. The molecule has 0 atom stereocenters. The lowest BCUT2D eigenvalue weighted by Crippen LogP contribution is -2.14. The van der Waals surface area contributed by atoms with Crippen LogP contribution in [0.25, 0.3) is 0 Å². The van der Waals surface area contributed by atoms with Crippen LogP contribution in [0.3, 0.4) is 0 Å². The van der Waals surface area contributed by atoms with E-state index in [1.807, 2.05) is 49.5 Å². The Morgan fingerprint density at radius 1 is 1.31 bits per heavy atom. The van der Waals surface area contributed by atoms with Gasteiger partial charge in [0.2, 0.25) is 5.91 Å². The van der Waals surface area contributed by atoms with Crippen LogP contribution in [0.4, 0.5) is 11.4 Å². The minimum absolute atomic E-state index is 0.0388. The minimum Gasteiger partial charge on any atom is -0.378 e. The van der Waals surface area contributed by atoms with Crippen molar-refractivity contribution in [3.8, 4) is 0 Å². The van der Waals surface area contributed by atoms with Crippen molar-refractivity contribution in [2.24, 2.45) is 0 Å². The molecular formula is C11H16N2OS2. The molecule has 0 aliphatic heterocycles. The largest absolute Gasteiger partial charge is 0.378 e. The molecule has 0 unspecified atom stereocenters. The number of hydrogen-bond donors (Lipinski definition) is 1. The monoisotopic (exact) mass is 256 g/mol. The van der Waals surface area contributed by atoms with Gasteiger partial charge in [0.25, 0.3) is 0 Å². The van der Waals surface area contributed by atoms with Gasteiger partial charge in [-0.1, -0.05) is 21.6 Å². The number of carbonyl (C=O) groups excluding carboxylic acids is 1. The van der Waals surface area contributed by atoms with Gasteiger partial charge >= 0.3 is 0 Å². The summed E-state index contributed by atoms with van der Waals surface area (Å²) >= 11 is 0. The average Bonchev–Trinajstić information content (AvgIpc) is 2.27. The van der Waals surface area contributed by atoms with E-state index in [0.717, 1.165) is 11.4 Å². The van der Waals surface area contributed by atoms with Gasteiger partial charge in [0.05, 0.1) is 5.75 Å². The van der Waals surface area contributed by atoms with Crippen LogP contribution in [0.1, 0.15) is 0 Å². The molecule has 3 nitrogen and oxygen atoms in total. The summed E-state index contributed by atoms with van der Waals surface area (Å²) in [5.74, 6) is 0.522. The quantitative estimate of drug-likeness (QED) is 0.821. The number of benzene rings is 1. The molecule has 1 amide bonds. The Hall–Kier alpha value is -0.810. The molecule has 0 saturated carbocycles. The standard InChI is InChI=1S/C11H16N2OS2/c1-13(2)10-6-4-9(5-7-10)12-11(14)8-16-15-3/h4-7H,8H2,1-3H3,(H,12,14).